The van der Waals surface area contributed by atoms with Gasteiger partial charge in [0.1, 0.15) is 29.8 Å². The summed E-state index contributed by atoms with van der Waals surface area (Å²) in [7, 11) is -13.0. The summed E-state index contributed by atoms with van der Waals surface area (Å²) in [6.45, 7) is 14.3. The van der Waals surface area contributed by atoms with Gasteiger partial charge < -0.3 is 50.4 Å². The number of imidazole rings is 1. The number of amides is 1. The summed E-state index contributed by atoms with van der Waals surface area (Å²) in [5.41, 5.74) is 9.61. The van der Waals surface area contributed by atoms with Crippen molar-refractivity contribution in [3.63, 3.8) is 0 Å². The maximum absolute atomic E-state index is 13.7. The number of rotatable bonds is 20. The maximum Gasteiger partial charge on any atom is 0.488 e. The van der Waals surface area contributed by atoms with Gasteiger partial charge in [-0.3, -0.25) is 28.2 Å². The van der Waals surface area contributed by atoms with Gasteiger partial charge in [0.05, 0.1) is 24.6 Å². The number of carboxylic acids is 1. The van der Waals surface area contributed by atoms with Gasteiger partial charge >= 0.3 is 29.2 Å². The van der Waals surface area contributed by atoms with Crippen LogP contribution < -0.4 is 37.1 Å². The largest absolute Gasteiger partial charge is 0.488 e. The molecule has 28 heteroatoms. The van der Waals surface area contributed by atoms with Gasteiger partial charge in [-0.05, 0) is 86.9 Å². The lowest BCUT2D eigenvalue weighted by Gasteiger charge is -2.25. The Balaban J connectivity index is 1.03. The van der Waals surface area contributed by atoms with Crippen LogP contribution >= 0.6 is 44.8 Å². The van der Waals surface area contributed by atoms with Crippen LogP contribution in [0.2, 0.25) is 0 Å². The number of carboxylic acid groups (broad SMARTS) is 1. The van der Waals surface area contributed by atoms with Crippen molar-refractivity contribution in [2.75, 3.05) is 43.4 Å². The number of nitrogens with two attached hydrogens (primary N) is 1. The van der Waals surface area contributed by atoms with E-state index >= 15 is 0 Å². The standard InChI is InChI=1S/C42H50N7O16P3S2/c1-8-44-29-15-31-28(12-23(29)4)35(27-11-21(2)22(3)13-30(27)62-31)25-10-9-24(14-26(25)40(52)53)38(50)45-18-42(5,6)70-69-20-60-32-16-34(49-19-46-36-37(49)47-41(43)48-39(36)51)63-33(32)17-61-67(56,57)65-68(58,59)64-66(7,54)55/h9-15,19,32-34,44H,3,8,16-18,20H2,1-2,4-7H3,(H,45,50)(H,52,53)(H,54,55)(H,56,57)(H,58,59)(H3,43,47,48,51)/t32-,33-,34-/m1/s1. The third-order valence-corrected chi connectivity index (χ3v) is 17.9. The first-order chi connectivity index (χ1) is 32.7. The molecule has 376 valence electrons. The fourth-order valence-electron chi connectivity index (χ4n) is 7.59. The first-order valence-corrected chi connectivity index (χ1v) is 28.5. The molecule has 23 nitrogen and oxygen atoms in total. The molecule has 2 aromatic heterocycles. The number of phosphoric ester groups is 1. The van der Waals surface area contributed by atoms with Crippen LogP contribution in [0.15, 0.2) is 53.6 Å². The number of aryl methyl sites for hydroxylation is 2. The van der Waals surface area contributed by atoms with Crippen molar-refractivity contribution < 1.29 is 70.4 Å². The lowest BCUT2D eigenvalue weighted by molar-refractivity contribution is -0.0522. The highest BCUT2D eigenvalue weighted by molar-refractivity contribution is 8.77. The summed E-state index contributed by atoms with van der Waals surface area (Å²) in [5.74, 6) is -0.901. The number of nitrogens with one attached hydrogen (secondary N) is 3. The SMILES string of the molecule is C=c1cc2c(cc1C)=C(c1ccc(C(=O)NCC(C)(C)SSCO[C@@H]3C[C@H](n4cnc5c(=O)[nH]c(N)nc54)O[C@@H]3COP(=O)(O)OP(=O)(O)OP(C)(=O)O)cc1C(=O)O)c1cc(C)c(NCC)cc1O2. The average molecular weight is 1070 g/mol. The van der Waals surface area contributed by atoms with Gasteiger partial charge in [-0.1, -0.05) is 34.2 Å². The van der Waals surface area contributed by atoms with E-state index in [4.69, 9.17) is 24.5 Å². The summed E-state index contributed by atoms with van der Waals surface area (Å²) >= 11 is 0. The molecule has 0 bridgehead atoms. The number of anilines is 2. The van der Waals surface area contributed by atoms with Crippen molar-refractivity contribution in [1.82, 2.24) is 24.8 Å². The molecule has 0 saturated carbocycles. The predicted octanol–water partition coefficient (Wildman–Crippen LogP) is 5.50. The highest BCUT2D eigenvalue weighted by Gasteiger charge is 2.43. The molecular formula is C42H50N7O16P3S2. The van der Waals surface area contributed by atoms with Crippen LogP contribution in [0.25, 0.3) is 23.3 Å². The van der Waals surface area contributed by atoms with Crippen LogP contribution in [0.5, 0.6) is 11.5 Å². The first kappa shape index (κ1) is 53.0. The minimum atomic E-state index is -5.56. The van der Waals surface area contributed by atoms with Gasteiger partial charge in [-0.2, -0.15) is 9.29 Å². The monoisotopic (exact) mass is 1070 g/mol. The van der Waals surface area contributed by atoms with Crippen LogP contribution in [0, 0.1) is 13.8 Å². The molecule has 3 unspecified atom stereocenters. The number of aromatic amines is 1. The molecule has 2 aliphatic rings. The number of nitrogen functional groups attached to an aromatic ring is 1. The quantitative estimate of drug-likeness (QED) is 0.0202. The van der Waals surface area contributed by atoms with Crippen LogP contribution in [-0.4, -0.2) is 100 Å². The fraction of sp³-hybridized carbons (Fsp3) is 0.357. The molecule has 9 N–H and O–H groups in total. The number of H-pyrrole nitrogens is 1. The summed E-state index contributed by atoms with van der Waals surface area (Å²) in [6.07, 6.45) is -1.70. The zero-order valence-corrected chi connectivity index (χ0v) is 42.7. The normalized spacial score (nSPS) is 19.3. The molecule has 2 aliphatic heterocycles. The van der Waals surface area contributed by atoms with Crippen LogP contribution in [0.4, 0.5) is 11.6 Å². The van der Waals surface area contributed by atoms with Crippen LogP contribution in [0.3, 0.4) is 0 Å². The number of aromatic carboxylic acids is 1. The van der Waals surface area contributed by atoms with Crippen molar-refractivity contribution in [2.24, 2.45) is 0 Å². The number of hydrogen-bond donors (Lipinski definition) is 8. The first-order valence-electron chi connectivity index (χ1n) is 21.1. The number of phosphoric acid groups is 2. The number of ether oxygens (including phenoxy) is 3. The van der Waals surface area contributed by atoms with E-state index in [9.17, 15) is 47.9 Å². The van der Waals surface area contributed by atoms with E-state index in [1.54, 1.807) is 12.1 Å². The smallest absolute Gasteiger partial charge is 0.478 e. The van der Waals surface area contributed by atoms with Crippen molar-refractivity contribution in [3.8, 4) is 11.5 Å². The molecule has 1 amide bonds. The van der Waals surface area contributed by atoms with E-state index in [-0.39, 0.29) is 47.1 Å². The van der Waals surface area contributed by atoms with E-state index in [1.165, 1.54) is 38.5 Å². The number of nitrogens with zero attached hydrogens (tertiary/aromatic N) is 3. The summed E-state index contributed by atoms with van der Waals surface area (Å²) < 4.78 is 68.7. The molecule has 7 rings (SSSR count). The highest BCUT2D eigenvalue weighted by Crippen LogP contribution is 2.66. The van der Waals surface area contributed by atoms with Crippen molar-refractivity contribution >= 4 is 91.7 Å². The zero-order valence-electron chi connectivity index (χ0n) is 38.4. The number of benzene rings is 3. The molecule has 1 saturated heterocycles. The second kappa shape index (κ2) is 20.7. The van der Waals surface area contributed by atoms with Gasteiger partial charge in [0, 0.05) is 64.6 Å². The van der Waals surface area contributed by atoms with Gasteiger partial charge in [-0.25, -0.2) is 23.2 Å². The molecule has 4 heterocycles. The Morgan fingerprint density at radius 2 is 1.79 bits per heavy atom. The zero-order chi connectivity index (χ0) is 51.1. The number of fused-ring (bicyclic) bond motifs is 3. The average Bonchev–Trinajstić information content (AvgIpc) is 3.86. The van der Waals surface area contributed by atoms with E-state index in [0.29, 0.717) is 46.6 Å². The molecule has 5 aromatic rings. The van der Waals surface area contributed by atoms with Crippen molar-refractivity contribution in [1.29, 1.82) is 0 Å². The van der Waals surface area contributed by atoms with Gasteiger partial charge in [0.25, 0.3) is 11.5 Å². The molecule has 0 aliphatic carbocycles. The Bertz CT molecular complexity index is 3220. The Hall–Kier alpha value is -4.84. The third-order valence-electron chi connectivity index (χ3n) is 10.8. The lowest BCUT2D eigenvalue weighted by Crippen LogP contribution is -2.36. The second-order valence-electron chi connectivity index (χ2n) is 16.8. The minimum Gasteiger partial charge on any atom is -0.478 e. The van der Waals surface area contributed by atoms with Crippen molar-refractivity contribution in [2.45, 2.75) is 64.2 Å². The fourth-order valence-corrected chi connectivity index (χ4v) is 13.3. The molecule has 70 heavy (non-hydrogen) atoms. The number of carbonyl (C=O) groups excluding carboxylic acids is 1. The van der Waals surface area contributed by atoms with Gasteiger partial charge in [0.2, 0.25) is 5.95 Å². The molecule has 3 aromatic carbocycles. The van der Waals surface area contributed by atoms with Crippen molar-refractivity contribution in [3.05, 3.63) is 103 Å². The lowest BCUT2D eigenvalue weighted by atomic mass is 9.87. The van der Waals surface area contributed by atoms with Crippen LogP contribution in [-0.2, 0) is 36.3 Å². The molecular weight excluding hydrogens is 1020 g/mol. The maximum atomic E-state index is 13.7. The summed E-state index contributed by atoms with van der Waals surface area (Å²) in [4.78, 5) is 78.9. The molecule has 0 spiro atoms. The van der Waals surface area contributed by atoms with Crippen LogP contribution in [0.1, 0.15) is 76.4 Å². The topological polar surface area (TPSA) is 335 Å². The van der Waals surface area contributed by atoms with E-state index in [1.807, 2.05) is 58.9 Å². The Morgan fingerprint density at radius 1 is 1.04 bits per heavy atom. The van der Waals surface area contributed by atoms with E-state index in [0.717, 1.165) is 22.0 Å². The van der Waals surface area contributed by atoms with E-state index in [2.05, 4.69) is 40.8 Å². The molecule has 6 atom stereocenters. The number of aromatic nitrogens is 4. The summed E-state index contributed by atoms with van der Waals surface area (Å²) in [6, 6.07) is 12.1. The van der Waals surface area contributed by atoms with E-state index < -0.39 is 70.5 Å². The summed E-state index contributed by atoms with van der Waals surface area (Å²) in [5, 5.41) is 18.3. The Kier molecular flexibility index (Phi) is 15.7. The molecule has 1 fully saturated rings. The Morgan fingerprint density at radius 3 is 2.49 bits per heavy atom. The predicted molar refractivity (Wildman–Crippen MR) is 262 cm³/mol. The van der Waals surface area contributed by atoms with Gasteiger partial charge in [-0.15, -0.1) is 0 Å². The second-order valence-corrected chi connectivity index (χ2v) is 24.8. The minimum absolute atomic E-state index is 0.0186. The van der Waals surface area contributed by atoms with Gasteiger partial charge in [0.15, 0.2) is 11.2 Å². The Labute approximate surface area is 407 Å². The third kappa shape index (κ3) is 12.4. The number of carbonyl (C=O) groups is 2. The molecule has 0 radical (unpaired) electrons. The number of hydrogen-bond acceptors (Lipinski definition) is 18. The highest BCUT2D eigenvalue weighted by atomic mass is 33.1.